The second kappa shape index (κ2) is 8.10. The van der Waals surface area contributed by atoms with Crippen molar-refractivity contribution in [1.82, 2.24) is 0 Å². The van der Waals surface area contributed by atoms with E-state index in [9.17, 15) is 43.2 Å². The van der Waals surface area contributed by atoms with Gasteiger partial charge in [0.05, 0.1) is 13.2 Å². The molecule has 0 aromatic heterocycles. The van der Waals surface area contributed by atoms with Crippen LogP contribution in [0.3, 0.4) is 0 Å². The summed E-state index contributed by atoms with van der Waals surface area (Å²) in [6.07, 6.45) is -0.290. The fourth-order valence-corrected chi connectivity index (χ4v) is 2.63. The predicted octanol–water partition coefficient (Wildman–Crippen LogP) is 2.58. The average Bonchev–Trinajstić information content (AvgIpc) is 2.49. The minimum atomic E-state index is -5.99. The number of hydrogen-bond acceptors (Lipinski definition) is 6. The molecule has 1 aromatic rings. The molecule has 0 unspecified atom stereocenters. The van der Waals surface area contributed by atoms with E-state index in [-0.39, 0.29) is 6.42 Å². The molecule has 0 radical (unpaired) electrons. The maximum atomic E-state index is 12.3. The lowest BCUT2D eigenvalue weighted by Crippen LogP contribution is -2.32. The summed E-state index contributed by atoms with van der Waals surface area (Å²) in [5, 5.41) is 0. The van der Waals surface area contributed by atoms with Crippen molar-refractivity contribution in [2.45, 2.75) is 17.4 Å². The summed E-state index contributed by atoms with van der Waals surface area (Å²) in [5.74, 6) is -1.42. The first kappa shape index (κ1) is 22.7. The summed E-state index contributed by atoms with van der Waals surface area (Å²) in [6, 6.07) is 7.49. The Morgan fingerprint density at radius 1 is 0.769 bits per heavy atom. The Labute approximate surface area is 145 Å². The summed E-state index contributed by atoms with van der Waals surface area (Å²) in [6.45, 7) is -2.46. The summed E-state index contributed by atoms with van der Waals surface area (Å²) < 4.78 is 125. The summed E-state index contributed by atoms with van der Waals surface area (Å²) in [5.41, 5.74) is -11.1. The Kier molecular flexibility index (Phi) is 7.06. The molecule has 0 N–H and O–H groups in total. The van der Waals surface area contributed by atoms with E-state index < -0.39 is 50.4 Å². The molecule has 0 fully saturated rings. The lowest BCUT2D eigenvalue weighted by atomic mass is 10.0. The van der Waals surface area contributed by atoms with Gasteiger partial charge in [-0.2, -0.15) is 43.2 Å². The van der Waals surface area contributed by atoms with Gasteiger partial charge in [-0.1, -0.05) is 30.3 Å². The minimum Gasteiger partial charge on any atom is -0.263 e. The molecule has 1 aromatic carbocycles. The average molecular weight is 430 g/mol. The van der Waals surface area contributed by atoms with E-state index in [1.165, 1.54) is 24.3 Å². The van der Waals surface area contributed by atoms with Gasteiger partial charge in [-0.05, 0) is 12.0 Å². The number of rotatable bonds is 8. The Balaban J connectivity index is 2.90. The van der Waals surface area contributed by atoms with Crippen molar-refractivity contribution >= 4 is 20.2 Å². The molecule has 0 bridgehead atoms. The van der Waals surface area contributed by atoms with Crippen LogP contribution in [0.1, 0.15) is 5.56 Å². The van der Waals surface area contributed by atoms with Gasteiger partial charge in [0.1, 0.15) is 0 Å². The van der Waals surface area contributed by atoms with Crippen LogP contribution in [0.4, 0.5) is 26.3 Å². The van der Waals surface area contributed by atoms with Gasteiger partial charge in [0, 0.05) is 5.92 Å². The van der Waals surface area contributed by atoms with Gasteiger partial charge in [0.15, 0.2) is 0 Å². The van der Waals surface area contributed by atoms with Crippen molar-refractivity contribution in [3.8, 4) is 0 Å². The van der Waals surface area contributed by atoms with Crippen LogP contribution >= 0.6 is 0 Å². The third-order valence-electron chi connectivity index (χ3n) is 2.85. The Bertz CT molecular complexity index is 738. The van der Waals surface area contributed by atoms with Gasteiger partial charge in [-0.3, -0.25) is 8.37 Å². The van der Waals surface area contributed by atoms with E-state index in [0.29, 0.717) is 5.56 Å². The Morgan fingerprint density at radius 3 is 1.50 bits per heavy atom. The molecule has 0 aliphatic heterocycles. The lowest BCUT2D eigenvalue weighted by molar-refractivity contribution is -0.0575. The fourth-order valence-electron chi connectivity index (χ4n) is 1.62. The highest BCUT2D eigenvalue weighted by atomic mass is 32.2. The van der Waals surface area contributed by atoms with E-state index in [1.807, 2.05) is 0 Å². The molecule has 0 aliphatic carbocycles. The van der Waals surface area contributed by atoms with Gasteiger partial charge in [-0.15, -0.1) is 0 Å². The molecule has 14 heteroatoms. The van der Waals surface area contributed by atoms with E-state index in [2.05, 4.69) is 8.37 Å². The molecule has 1 rings (SSSR count). The smallest absolute Gasteiger partial charge is 0.263 e. The number of benzene rings is 1. The molecule has 0 amide bonds. The number of hydrogen-bond donors (Lipinski definition) is 0. The van der Waals surface area contributed by atoms with Crippen molar-refractivity contribution in [3.63, 3.8) is 0 Å². The fraction of sp³-hybridized carbons (Fsp3) is 0.500. The molecule has 6 nitrogen and oxygen atoms in total. The zero-order chi connectivity index (χ0) is 20.2. The van der Waals surface area contributed by atoms with Gasteiger partial charge < -0.3 is 0 Å². The zero-order valence-corrected chi connectivity index (χ0v) is 14.3. The van der Waals surface area contributed by atoms with Crippen molar-refractivity contribution in [2.75, 3.05) is 13.2 Å². The maximum absolute atomic E-state index is 12.3. The Hall–Kier alpha value is -1.38. The first-order valence-electron chi connectivity index (χ1n) is 6.61. The highest BCUT2D eigenvalue weighted by Gasteiger charge is 2.49. The summed E-state index contributed by atoms with van der Waals surface area (Å²) in [4.78, 5) is 0. The molecule has 0 saturated heterocycles. The second-order valence-corrected chi connectivity index (χ2v) is 8.14. The quantitative estimate of drug-likeness (QED) is 0.358. The predicted molar refractivity (Wildman–Crippen MR) is 75.5 cm³/mol. The molecule has 0 heterocycles. The van der Waals surface area contributed by atoms with Gasteiger partial charge in [0.2, 0.25) is 0 Å². The Morgan fingerprint density at radius 2 is 1.15 bits per heavy atom. The highest BCUT2D eigenvalue weighted by molar-refractivity contribution is 7.87. The first-order chi connectivity index (χ1) is 11.7. The van der Waals surface area contributed by atoms with E-state index in [4.69, 9.17) is 0 Å². The van der Waals surface area contributed by atoms with Crippen LogP contribution in [0.2, 0.25) is 0 Å². The van der Waals surface area contributed by atoms with E-state index in [0.717, 1.165) is 0 Å². The molecule has 150 valence electrons. The second-order valence-electron chi connectivity index (χ2n) is 4.92. The normalized spacial score (nSPS) is 14.0. The van der Waals surface area contributed by atoms with Crippen LogP contribution in [-0.2, 0) is 35.0 Å². The summed E-state index contributed by atoms with van der Waals surface area (Å²) in [7, 11) is -12.0. The first-order valence-corrected chi connectivity index (χ1v) is 9.42. The molecule has 0 atom stereocenters. The highest BCUT2D eigenvalue weighted by Crippen LogP contribution is 2.27. The molecule has 26 heavy (non-hydrogen) atoms. The van der Waals surface area contributed by atoms with Gasteiger partial charge in [-0.25, -0.2) is 0 Å². The molecule has 0 spiro atoms. The van der Waals surface area contributed by atoms with Crippen molar-refractivity contribution in [3.05, 3.63) is 35.9 Å². The van der Waals surface area contributed by atoms with Crippen LogP contribution in [-0.4, -0.2) is 41.1 Å². The largest absolute Gasteiger partial charge is 0.523 e. The molecule has 0 aliphatic rings. The number of alkyl halides is 6. The van der Waals surface area contributed by atoms with Crippen LogP contribution in [0.5, 0.6) is 0 Å². The van der Waals surface area contributed by atoms with E-state index in [1.54, 1.807) is 6.07 Å². The molecular weight excluding hydrogens is 418 g/mol. The van der Waals surface area contributed by atoms with Crippen molar-refractivity contribution in [2.24, 2.45) is 5.92 Å². The zero-order valence-electron chi connectivity index (χ0n) is 12.6. The minimum absolute atomic E-state index is 0.290. The van der Waals surface area contributed by atoms with Gasteiger partial charge >= 0.3 is 31.3 Å². The third-order valence-corrected chi connectivity index (χ3v) is 4.88. The van der Waals surface area contributed by atoms with Crippen molar-refractivity contribution < 1.29 is 51.5 Å². The van der Waals surface area contributed by atoms with Crippen LogP contribution in [0.15, 0.2) is 30.3 Å². The summed E-state index contributed by atoms with van der Waals surface area (Å²) >= 11 is 0. The van der Waals surface area contributed by atoms with Crippen molar-refractivity contribution in [1.29, 1.82) is 0 Å². The third kappa shape index (κ3) is 6.41. The topological polar surface area (TPSA) is 86.7 Å². The van der Waals surface area contributed by atoms with Gasteiger partial charge in [0.25, 0.3) is 0 Å². The molecular formula is C12H12F6O6S2. The maximum Gasteiger partial charge on any atom is 0.523 e. The van der Waals surface area contributed by atoms with Crippen LogP contribution in [0.25, 0.3) is 0 Å². The number of halogens is 6. The van der Waals surface area contributed by atoms with Crippen LogP contribution < -0.4 is 0 Å². The van der Waals surface area contributed by atoms with Crippen LogP contribution in [0, 0.1) is 5.92 Å². The standard InChI is InChI=1S/C12H12F6O6S2/c13-11(14,15)25(19,20)23-7-10(6-9-4-2-1-3-5-9)8-24-26(21,22)12(16,17)18/h1-5,10H,6-8H2. The van der Waals surface area contributed by atoms with E-state index >= 15 is 0 Å². The molecule has 0 saturated carbocycles. The lowest BCUT2D eigenvalue weighted by Gasteiger charge is -2.18. The SMILES string of the molecule is O=S(=O)(OCC(COS(=O)(=O)C(F)(F)F)Cc1ccccc1)C(F)(F)F. The monoisotopic (exact) mass is 430 g/mol.